The number of halogens is 3. The van der Waals surface area contributed by atoms with Crippen molar-refractivity contribution in [1.82, 2.24) is 5.32 Å². The van der Waals surface area contributed by atoms with Gasteiger partial charge in [-0.25, -0.2) is 14.2 Å². The number of nitrogens with one attached hydrogen (secondary N) is 1. The lowest BCUT2D eigenvalue weighted by molar-refractivity contribution is -0.118. The van der Waals surface area contributed by atoms with Crippen LogP contribution in [-0.2, 0) is 14.3 Å². The highest BCUT2D eigenvalue weighted by molar-refractivity contribution is 8.14. The predicted molar refractivity (Wildman–Crippen MR) is 123 cm³/mol. The molecule has 3 rings (SSSR count). The molecule has 0 unspecified atom stereocenters. The number of rotatable bonds is 5. The van der Waals surface area contributed by atoms with Crippen molar-refractivity contribution in [3.63, 3.8) is 0 Å². The summed E-state index contributed by atoms with van der Waals surface area (Å²) in [6, 6.07) is 10.5. The zero-order chi connectivity index (χ0) is 23.3. The van der Waals surface area contributed by atoms with E-state index in [2.05, 4.69) is 9.73 Å². The molecule has 2 aromatic rings. The highest BCUT2D eigenvalue weighted by Crippen LogP contribution is 2.32. The van der Waals surface area contributed by atoms with Gasteiger partial charge in [-0.15, -0.1) is 0 Å². The smallest absolute Gasteiger partial charge is 0.413 e. The number of ether oxygens (including phenoxy) is 1. The number of thioether (sulfide) groups is 1. The van der Waals surface area contributed by atoms with Crippen molar-refractivity contribution in [2.75, 3.05) is 17.3 Å². The Morgan fingerprint density at radius 2 is 1.97 bits per heavy atom. The third-order valence-corrected chi connectivity index (χ3v) is 5.70. The Morgan fingerprint density at radius 1 is 1.22 bits per heavy atom. The minimum atomic E-state index is -0.881. The van der Waals surface area contributed by atoms with Gasteiger partial charge < -0.3 is 4.74 Å². The molecule has 0 saturated heterocycles. The molecule has 0 aliphatic carbocycles. The van der Waals surface area contributed by atoms with Crippen molar-refractivity contribution in [2.45, 2.75) is 6.92 Å². The number of hydrogen-bond acceptors (Lipinski definition) is 6. The average molecular weight is 496 g/mol. The standard InChI is InChI=1S/C21H16Cl2FN3O4S/c1-2-31-21(30)26-18(28)11-32-20-25-16(10-12-7-8-13(22)14(23)9-12)19(29)27(20)17-6-4-3-5-15(17)24/h3-10H,2,11H2,1H3,(H,26,28,30)/b16-10-. The first-order chi connectivity index (χ1) is 15.3. The first kappa shape index (κ1) is 23.8. The molecule has 1 aliphatic rings. The summed E-state index contributed by atoms with van der Waals surface area (Å²) in [5.41, 5.74) is 0.554. The molecule has 3 amide bonds. The number of hydrogen-bond donors (Lipinski definition) is 1. The molecule has 1 aliphatic heterocycles. The Morgan fingerprint density at radius 3 is 2.66 bits per heavy atom. The number of carbonyl (C=O) groups is 3. The number of alkyl carbamates (subject to hydrolysis) is 1. The number of nitrogens with zero attached hydrogens (tertiary/aromatic N) is 2. The summed E-state index contributed by atoms with van der Waals surface area (Å²) in [5.74, 6) is -2.13. The van der Waals surface area contributed by atoms with Crippen molar-refractivity contribution in [2.24, 2.45) is 4.99 Å². The van der Waals surface area contributed by atoms with Crippen LogP contribution >= 0.6 is 35.0 Å². The first-order valence-corrected chi connectivity index (χ1v) is 11.0. The summed E-state index contributed by atoms with van der Waals surface area (Å²) >= 11 is 12.8. The zero-order valence-corrected chi connectivity index (χ0v) is 18.9. The number of aliphatic imine (C=N–C) groups is 1. The molecule has 0 radical (unpaired) electrons. The van der Waals surface area contributed by atoms with Crippen LogP contribution in [0.5, 0.6) is 0 Å². The lowest BCUT2D eigenvalue weighted by Crippen LogP contribution is -2.35. The van der Waals surface area contributed by atoms with Gasteiger partial charge in [0.25, 0.3) is 5.91 Å². The van der Waals surface area contributed by atoms with Crippen LogP contribution < -0.4 is 10.2 Å². The fraction of sp³-hybridized carbons (Fsp3) is 0.143. The predicted octanol–water partition coefficient (Wildman–Crippen LogP) is 4.88. The van der Waals surface area contributed by atoms with Gasteiger partial charge in [0.2, 0.25) is 5.91 Å². The second kappa shape index (κ2) is 10.6. The van der Waals surface area contributed by atoms with E-state index in [0.717, 1.165) is 16.7 Å². The Labute approximate surface area is 197 Å². The van der Waals surface area contributed by atoms with E-state index in [9.17, 15) is 18.8 Å². The quantitative estimate of drug-likeness (QED) is 0.597. The molecule has 0 bridgehead atoms. The molecule has 1 heterocycles. The number of amides is 3. The maximum atomic E-state index is 14.4. The van der Waals surface area contributed by atoms with Crippen LogP contribution in [-0.4, -0.2) is 35.4 Å². The molecule has 2 aromatic carbocycles. The molecule has 0 aromatic heterocycles. The van der Waals surface area contributed by atoms with Crippen molar-refractivity contribution in [3.05, 3.63) is 69.6 Å². The van der Waals surface area contributed by atoms with Crippen LogP contribution in [0, 0.1) is 5.82 Å². The molecular formula is C21H16Cl2FN3O4S. The van der Waals surface area contributed by atoms with E-state index < -0.39 is 23.7 Å². The van der Waals surface area contributed by atoms with E-state index in [1.54, 1.807) is 31.2 Å². The molecule has 11 heteroatoms. The van der Waals surface area contributed by atoms with E-state index in [1.165, 1.54) is 24.3 Å². The minimum absolute atomic E-state index is 0.0138. The first-order valence-electron chi connectivity index (χ1n) is 9.24. The summed E-state index contributed by atoms with van der Waals surface area (Å²) in [7, 11) is 0. The number of carbonyl (C=O) groups excluding carboxylic acids is 3. The summed E-state index contributed by atoms with van der Waals surface area (Å²) < 4.78 is 19.1. The Hall–Kier alpha value is -2.88. The van der Waals surface area contributed by atoms with Crippen molar-refractivity contribution in [1.29, 1.82) is 0 Å². The molecule has 0 atom stereocenters. The molecule has 32 heavy (non-hydrogen) atoms. The topological polar surface area (TPSA) is 88.1 Å². The third kappa shape index (κ3) is 5.67. The molecular weight excluding hydrogens is 480 g/mol. The van der Waals surface area contributed by atoms with Crippen LogP contribution in [0.25, 0.3) is 6.08 Å². The van der Waals surface area contributed by atoms with Crippen LogP contribution in [0.2, 0.25) is 10.0 Å². The lowest BCUT2D eigenvalue weighted by Gasteiger charge is -2.18. The number of amidine groups is 1. The van der Waals surface area contributed by atoms with Gasteiger partial charge in [-0.3, -0.25) is 19.8 Å². The Kier molecular flexibility index (Phi) is 7.89. The Bertz CT molecular complexity index is 1140. The number of para-hydroxylation sites is 1. The van der Waals surface area contributed by atoms with E-state index in [-0.39, 0.29) is 28.9 Å². The molecule has 0 saturated carbocycles. The Balaban J connectivity index is 1.89. The van der Waals surface area contributed by atoms with Gasteiger partial charge in [-0.1, -0.05) is 53.2 Å². The SMILES string of the molecule is CCOC(=O)NC(=O)CSC1=N/C(=C\c2ccc(Cl)c(Cl)c2)C(=O)N1c1ccccc1F. The average Bonchev–Trinajstić information content (AvgIpc) is 3.05. The molecule has 0 fully saturated rings. The van der Waals surface area contributed by atoms with Gasteiger partial charge in [0.05, 0.1) is 28.1 Å². The monoisotopic (exact) mass is 495 g/mol. The summed E-state index contributed by atoms with van der Waals surface area (Å²) in [6.07, 6.45) is 0.596. The van der Waals surface area contributed by atoms with Gasteiger partial charge in [-0.05, 0) is 42.8 Å². The van der Waals surface area contributed by atoms with Crippen molar-refractivity contribution in [3.8, 4) is 0 Å². The van der Waals surface area contributed by atoms with E-state index >= 15 is 0 Å². The van der Waals surface area contributed by atoms with Crippen LogP contribution in [0.3, 0.4) is 0 Å². The van der Waals surface area contributed by atoms with Crippen LogP contribution in [0.15, 0.2) is 53.2 Å². The van der Waals surface area contributed by atoms with E-state index in [4.69, 9.17) is 23.2 Å². The highest BCUT2D eigenvalue weighted by atomic mass is 35.5. The number of anilines is 1. The highest BCUT2D eigenvalue weighted by Gasteiger charge is 2.34. The normalized spacial score (nSPS) is 14.5. The number of benzene rings is 2. The second-order valence-corrected chi connectivity index (χ2v) is 8.00. The lowest BCUT2D eigenvalue weighted by atomic mass is 10.2. The molecule has 7 nitrogen and oxygen atoms in total. The largest absolute Gasteiger partial charge is 0.450 e. The summed E-state index contributed by atoms with van der Waals surface area (Å²) in [4.78, 5) is 41.8. The van der Waals surface area contributed by atoms with E-state index in [1.807, 2.05) is 5.32 Å². The van der Waals surface area contributed by atoms with E-state index in [0.29, 0.717) is 15.6 Å². The van der Waals surface area contributed by atoms with Gasteiger partial charge in [0.1, 0.15) is 11.5 Å². The number of imide groups is 1. The second-order valence-electron chi connectivity index (χ2n) is 6.25. The fourth-order valence-electron chi connectivity index (χ4n) is 2.65. The minimum Gasteiger partial charge on any atom is -0.450 e. The summed E-state index contributed by atoms with van der Waals surface area (Å²) in [5, 5.41) is 2.78. The summed E-state index contributed by atoms with van der Waals surface area (Å²) in [6.45, 7) is 1.71. The maximum Gasteiger partial charge on any atom is 0.413 e. The van der Waals surface area contributed by atoms with Gasteiger partial charge >= 0.3 is 6.09 Å². The molecule has 0 spiro atoms. The van der Waals surface area contributed by atoms with Gasteiger partial charge in [0, 0.05) is 0 Å². The zero-order valence-electron chi connectivity index (χ0n) is 16.6. The molecule has 166 valence electrons. The maximum absolute atomic E-state index is 14.4. The molecule has 1 N–H and O–H groups in total. The van der Waals surface area contributed by atoms with Crippen molar-refractivity contribution < 1.29 is 23.5 Å². The third-order valence-electron chi connectivity index (χ3n) is 4.02. The fourth-order valence-corrected chi connectivity index (χ4v) is 3.76. The van der Waals surface area contributed by atoms with Crippen molar-refractivity contribution >= 4 is 69.8 Å². The van der Waals surface area contributed by atoms with Gasteiger partial charge in [0.15, 0.2) is 5.17 Å². The van der Waals surface area contributed by atoms with Crippen LogP contribution in [0.1, 0.15) is 12.5 Å². The van der Waals surface area contributed by atoms with Crippen LogP contribution in [0.4, 0.5) is 14.9 Å². The van der Waals surface area contributed by atoms with Gasteiger partial charge in [-0.2, -0.15) is 0 Å².